The van der Waals surface area contributed by atoms with Gasteiger partial charge in [-0.3, -0.25) is 4.79 Å². The SMILES string of the molecule is CCOC(=O)CC1CCC2CC(c3ccc(N)cc3)CCC2C1. The second kappa shape index (κ2) is 7.37. The molecule has 2 N–H and O–H groups in total. The van der Waals surface area contributed by atoms with Gasteiger partial charge in [0.25, 0.3) is 0 Å². The van der Waals surface area contributed by atoms with Gasteiger partial charge < -0.3 is 10.5 Å². The van der Waals surface area contributed by atoms with E-state index in [2.05, 4.69) is 12.1 Å². The Bertz CT molecular complexity index is 525. The van der Waals surface area contributed by atoms with Gasteiger partial charge in [-0.25, -0.2) is 0 Å². The summed E-state index contributed by atoms with van der Waals surface area (Å²) in [7, 11) is 0. The Labute approximate surface area is 139 Å². The number of carbonyl (C=O) groups excluding carboxylic acids is 1. The Morgan fingerprint density at radius 2 is 1.78 bits per heavy atom. The van der Waals surface area contributed by atoms with Crippen molar-refractivity contribution in [1.29, 1.82) is 0 Å². The molecule has 2 aliphatic rings. The third-order valence-corrected chi connectivity index (χ3v) is 5.89. The average molecular weight is 315 g/mol. The molecule has 4 atom stereocenters. The predicted octanol–water partition coefficient (Wildman–Crippen LogP) is 4.52. The van der Waals surface area contributed by atoms with Gasteiger partial charge in [-0.05, 0) is 86.8 Å². The van der Waals surface area contributed by atoms with Gasteiger partial charge in [0.1, 0.15) is 0 Å². The Morgan fingerprint density at radius 1 is 1.09 bits per heavy atom. The lowest BCUT2D eigenvalue weighted by Gasteiger charge is -2.42. The monoisotopic (exact) mass is 315 g/mol. The first kappa shape index (κ1) is 16.4. The first-order valence-electron chi connectivity index (χ1n) is 9.16. The van der Waals surface area contributed by atoms with Gasteiger partial charge in [-0.2, -0.15) is 0 Å². The van der Waals surface area contributed by atoms with E-state index in [9.17, 15) is 4.79 Å². The summed E-state index contributed by atoms with van der Waals surface area (Å²) in [5.74, 6) is 2.88. The molecule has 23 heavy (non-hydrogen) atoms. The van der Waals surface area contributed by atoms with Gasteiger partial charge >= 0.3 is 5.97 Å². The molecule has 4 unspecified atom stereocenters. The van der Waals surface area contributed by atoms with Crippen LogP contribution in [-0.4, -0.2) is 12.6 Å². The van der Waals surface area contributed by atoms with Crippen molar-refractivity contribution >= 4 is 11.7 Å². The summed E-state index contributed by atoms with van der Waals surface area (Å²) in [6.45, 7) is 2.38. The van der Waals surface area contributed by atoms with E-state index in [1.54, 1.807) is 0 Å². The van der Waals surface area contributed by atoms with Crippen molar-refractivity contribution in [3.63, 3.8) is 0 Å². The van der Waals surface area contributed by atoms with Gasteiger partial charge in [-0.1, -0.05) is 12.1 Å². The summed E-state index contributed by atoms with van der Waals surface area (Å²) in [5.41, 5.74) is 8.10. The fourth-order valence-corrected chi connectivity index (χ4v) is 4.70. The van der Waals surface area contributed by atoms with Gasteiger partial charge in [0.2, 0.25) is 0 Å². The van der Waals surface area contributed by atoms with Gasteiger partial charge in [0.05, 0.1) is 6.61 Å². The highest BCUT2D eigenvalue weighted by atomic mass is 16.5. The molecule has 0 radical (unpaired) electrons. The van der Waals surface area contributed by atoms with Crippen molar-refractivity contribution in [2.75, 3.05) is 12.3 Å². The zero-order valence-electron chi connectivity index (χ0n) is 14.2. The molecule has 0 aromatic heterocycles. The second-order valence-corrected chi connectivity index (χ2v) is 7.39. The summed E-state index contributed by atoms with van der Waals surface area (Å²) >= 11 is 0. The molecule has 2 fully saturated rings. The largest absolute Gasteiger partial charge is 0.466 e. The number of hydrogen-bond donors (Lipinski definition) is 1. The standard InChI is InChI=1S/C20H29NO2/c1-2-23-20(22)12-14-3-4-18-13-17(6-5-16(18)11-14)15-7-9-19(21)10-8-15/h7-10,14,16-18H,2-6,11-13,21H2,1H3. The lowest BCUT2D eigenvalue weighted by Crippen LogP contribution is -2.31. The highest BCUT2D eigenvalue weighted by Gasteiger charge is 2.36. The zero-order chi connectivity index (χ0) is 16.2. The number of benzene rings is 1. The van der Waals surface area contributed by atoms with Gasteiger partial charge in [-0.15, -0.1) is 0 Å². The fraction of sp³-hybridized carbons (Fsp3) is 0.650. The molecule has 126 valence electrons. The first-order valence-corrected chi connectivity index (χ1v) is 9.16. The summed E-state index contributed by atoms with van der Waals surface area (Å²) in [5, 5.41) is 0. The summed E-state index contributed by atoms with van der Waals surface area (Å²) < 4.78 is 5.12. The van der Waals surface area contributed by atoms with E-state index in [1.165, 1.54) is 44.1 Å². The summed E-state index contributed by atoms with van der Waals surface area (Å²) in [6.07, 6.45) is 8.20. The van der Waals surface area contributed by atoms with E-state index in [0.29, 0.717) is 24.9 Å². The maximum atomic E-state index is 11.7. The maximum Gasteiger partial charge on any atom is 0.306 e. The number of fused-ring (bicyclic) bond motifs is 1. The van der Waals surface area contributed by atoms with Crippen molar-refractivity contribution in [2.45, 2.75) is 57.8 Å². The molecule has 0 heterocycles. The van der Waals surface area contributed by atoms with Gasteiger partial charge in [0, 0.05) is 12.1 Å². The topological polar surface area (TPSA) is 52.3 Å². The maximum absolute atomic E-state index is 11.7. The minimum atomic E-state index is -0.00786. The molecule has 1 aromatic rings. The van der Waals surface area contributed by atoms with Crippen LogP contribution in [0, 0.1) is 17.8 Å². The van der Waals surface area contributed by atoms with E-state index in [4.69, 9.17) is 10.5 Å². The highest BCUT2D eigenvalue weighted by Crippen LogP contribution is 2.48. The van der Waals surface area contributed by atoms with Crippen molar-refractivity contribution in [2.24, 2.45) is 17.8 Å². The van der Waals surface area contributed by atoms with Crippen molar-refractivity contribution < 1.29 is 9.53 Å². The molecular weight excluding hydrogens is 286 g/mol. The lowest BCUT2D eigenvalue weighted by atomic mass is 9.63. The summed E-state index contributed by atoms with van der Waals surface area (Å²) in [4.78, 5) is 11.7. The number of carbonyl (C=O) groups is 1. The van der Waals surface area contributed by atoms with Crippen LogP contribution >= 0.6 is 0 Å². The van der Waals surface area contributed by atoms with Crippen LogP contribution < -0.4 is 5.73 Å². The molecule has 3 rings (SSSR count). The van der Waals surface area contributed by atoms with Crippen LogP contribution in [0.2, 0.25) is 0 Å². The number of nitrogens with two attached hydrogens (primary N) is 1. The molecule has 2 aliphatic carbocycles. The van der Waals surface area contributed by atoms with E-state index < -0.39 is 0 Å². The number of hydrogen-bond acceptors (Lipinski definition) is 3. The molecule has 0 bridgehead atoms. The third kappa shape index (κ3) is 4.07. The molecule has 0 spiro atoms. The third-order valence-electron chi connectivity index (χ3n) is 5.89. The lowest BCUT2D eigenvalue weighted by molar-refractivity contribution is -0.144. The number of anilines is 1. The fourth-order valence-electron chi connectivity index (χ4n) is 4.70. The molecule has 0 amide bonds. The highest BCUT2D eigenvalue weighted by molar-refractivity contribution is 5.69. The predicted molar refractivity (Wildman–Crippen MR) is 93.0 cm³/mol. The molecule has 1 aromatic carbocycles. The van der Waals surface area contributed by atoms with Crippen molar-refractivity contribution in [3.8, 4) is 0 Å². The average Bonchev–Trinajstić information content (AvgIpc) is 2.55. The minimum Gasteiger partial charge on any atom is -0.466 e. The molecule has 2 saturated carbocycles. The molecule has 0 aliphatic heterocycles. The van der Waals surface area contributed by atoms with Crippen LogP contribution in [0.4, 0.5) is 5.69 Å². The Kier molecular flexibility index (Phi) is 5.24. The normalized spacial score (nSPS) is 30.5. The van der Waals surface area contributed by atoms with Gasteiger partial charge in [0.15, 0.2) is 0 Å². The number of ether oxygens (including phenoxy) is 1. The van der Waals surface area contributed by atoms with Crippen LogP contribution in [0.3, 0.4) is 0 Å². The Hall–Kier alpha value is -1.51. The number of esters is 1. The second-order valence-electron chi connectivity index (χ2n) is 7.39. The van der Waals surface area contributed by atoms with E-state index in [0.717, 1.165) is 17.5 Å². The molecular formula is C20H29NO2. The minimum absolute atomic E-state index is 0.00786. The summed E-state index contributed by atoms with van der Waals surface area (Å²) in [6, 6.07) is 8.45. The number of rotatable bonds is 4. The molecule has 3 nitrogen and oxygen atoms in total. The number of nitrogen functional groups attached to an aromatic ring is 1. The Balaban J connectivity index is 1.54. The van der Waals surface area contributed by atoms with Crippen molar-refractivity contribution in [1.82, 2.24) is 0 Å². The van der Waals surface area contributed by atoms with Crippen LogP contribution in [0.5, 0.6) is 0 Å². The van der Waals surface area contributed by atoms with E-state index >= 15 is 0 Å². The van der Waals surface area contributed by atoms with Crippen LogP contribution in [0.1, 0.15) is 63.4 Å². The van der Waals surface area contributed by atoms with Crippen LogP contribution in [-0.2, 0) is 9.53 Å². The van der Waals surface area contributed by atoms with Crippen LogP contribution in [0.25, 0.3) is 0 Å². The Morgan fingerprint density at radius 3 is 2.52 bits per heavy atom. The van der Waals surface area contributed by atoms with E-state index in [1.807, 2.05) is 19.1 Å². The smallest absolute Gasteiger partial charge is 0.306 e. The zero-order valence-corrected chi connectivity index (χ0v) is 14.2. The molecule has 0 saturated heterocycles. The van der Waals surface area contributed by atoms with Crippen molar-refractivity contribution in [3.05, 3.63) is 29.8 Å². The van der Waals surface area contributed by atoms with E-state index in [-0.39, 0.29) is 5.97 Å². The first-order chi connectivity index (χ1) is 11.2. The quantitative estimate of drug-likeness (QED) is 0.656. The molecule has 3 heteroatoms. The van der Waals surface area contributed by atoms with Crippen LogP contribution in [0.15, 0.2) is 24.3 Å².